The van der Waals surface area contributed by atoms with Crippen LogP contribution in [0, 0.1) is 6.92 Å². The highest BCUT2D eigenvalue weighted by Gasteiger charge is 2.27. The lowest BCUT2D eigenvalue weighted by Gasteiger charge is -2.25. The van der Waals surface area contributed by atoms with Gasteiger partial charge in [-0.3, -0.25) is 14.4 Å². The molecular weight excluding hydrogens is 468 g/mol. The van der Waals surface area contributed by atoms with E-state index in [-0.39, 0.29) is 24.6 Å². The highest BCUT2D eigenvalue weighted by molar-refractivity contribution is 7.16. The number of amides is 2. The lowest BCUT2D eigenvalue weighted by atomic mass is 10.1. The van der Waals surface area contributed by atoms with Gasteiger partial charge in [-0.25, -0.2) is 9.78 Å². The number of fused-ring (bicyclic) bond motifs is 1. The number of ether oxygens (including phenoxy) is 1. The normalized spacial score (nSPS) is 13.6. The van der Waals surface area contributed by atoms with Crippen LogP contribution in [0.15, 0.2) is 30.5 Å². The molecule has 2 amide bonds. The van der Waals surface area contributed by atoms with E-state index in [4.69, 9.17) is 4.74 Å². The summed E-state index contributed by atoms with van der Waals surface area (Å²) in [4.78, 5) is 56.9. The molecule has 35 heavy (non-hydrogen) atoms. The number of esters is 1. The molecule has 0 aliphatic carbocycles. The van der Waals surface area contributed by atoms with Crippen molar-refractivity contribution in [2.75, 3.05) is 25.0 Å². The molecule has 10 heteroatoms. The van der Waals surface area contributed by atoms with Crippen LogP contribution in [-0.2, 0) is 20.9 Å². The first-order valence-electron chi connectivity index (χ1n) is 11.7. The van der Waals surface area contributed by atoms with Gasteiger partial charge in [-0.1, -0.05) is 18.2 Å². The van der Waals surface area contributed by atoms with Gasteiger partial charge in [0.05, 0.1) is 12.2 Å². The molecule has 0 atom stereocenters. The van der Waals surface area contributed by atoms with E-state index in [1.54, 1.807) is 24.9 Å². The molecule has 184 valence electrons. The second-order valence-electron chi connectivity index (χ2n) is 8.38. The highest BCUT2D eigenvalue weighted by atomic mass is 32.1. The number of thiazole rings is 1. The van der Waals surface area contributed by atoms with Gasteiger partial charge in [-0.15, -0.1) is 11.3 Å². The van der Waals surface area contributed by atoms with Gasteiger partial charge in [0.25, 0.3) is 11.7 Å². The summed E-state index contributed by atoms with van der Waals surface area (Å²) in [6.07, 6.45) is 4.68. The Morgan fingerprint density at radius 1 is 1.11 bits per heavy atom. The number of nitrogens with one attached hydrogen (secondary N) is 1. The number of benzene rings is 1. The van der Waals surface area contributed by atoms with Crippen molar-refractivity contribution in [2.24, 2.45) is 0 Å². The number of rotatable bonds is 8. The third kappa shape index (κ3) is 5.43. The van der Waals surface area contributed by atoms with Crippen LogP contribution >= 0.6 is 11.3 Å². The fourth-order valence-corrected chi connectivity index (χ4v) is 5.03. The molecule has 1 saturated heterocycles. The van der Waals surface area contributed by atoms with Gasteiger partial charge in [0.2, 0.25) is 5.91 Å². The van der Waals surface area contributed by atoms with E-state index in [9.17, 15) is 19.2 Å². The predicted molar refractivity (Wildman–Crippen MR) is 133 cm³/mol. The van der Waals surface area contributed by atoms with Gasteiger partial charge in [0, 0.05) is 48.0 Å². The van der Waals surface area contributed by atoms with E-state index < -0.39 is 17.7 Å². The Labute approximate surface area is 207 Å². The summed E-state index contributed by atoms with van der Waals surface area (Å²) in [7, 11) is 0. The summed E-state index contributed by atoms with van der Waals surface area (Å²) < 4.78 is 6.81. The first-order chi connectivity index (χ1) is 16.9. The maximum absolute atomic E-state index is 13.1. The minimum atomic E-state index is -0.518. The van der Waals surface area contributed by atoms with E-state index in [1.807, 2.05) is 28.8 Å². The Bertz CT molecular complexity index is 1270. The van der Waals surface area contributed by atoms with Crippen molar-refractivity contribution in [3.63, 3.8) is 0 Å². The minimum absolute atomic E-state index is 0.125. The van der Waals surface area contributed by atoms with Gasteiger partial charge >= 0.3 is 5.97 Å². The molecule has 0 bridgehead atoms. The summed E-state index contributed by atoms with van der Waals surface area (Å²) in [5, 5.41) is 3.75. The first kappa shape index (κ1) is 24.6. The van der Waals surface area contributed by atoms with Crippen molar-refractivity contribution in [3.05, 3.63) is 46.6 Å². The fraction of sp³-hybridized carbons (Fsp3) is 0.400. The van der Waals surface area contributed by atoms with Gasteiger partial charge in [-0.2, -0.15) is 0 Å². The number of para-hydroxylation sites is 1. The third-order valence-electron chi connectivity index (χ3n) is 5.96. The molecule has 1 fully saturated rings. The summed E-state index contributed by atoms with van der Waals surface area (Å²) >= 11 is 1.21. The monoisotopic (exact) mass is 496 g/mol. The molecule has 3 heterocycles. The molecule has 1 aliphatic heterocycles. The van der Waals surface area contributed by atoms with Crippen molar-refractivity contribution >= 4 is 50.9 Å². The number of hydrogen-bond acceptors (Lipinski definition) is 7. The number of ketones is 1. The summed E-state index contributed by atoms with van der Waals surface area (Å²) in [5.41, 5.74) is 1.33. The standard InChI is InChI=1S/C25H28N4O5S/c1-3-34-24(33)21-16(2)35-25(27-21)26-20(30)11-14-29-15-18(17-9-5-6-10-19(17)29)22(31)23(32)28-12-7-4-8-13-28/h5-6,9-10,15H,3-4,7-8,11-14H2,1-2H3,(H,26,27,30). The number of likely N-dealkylation sites (tertiary alicyclic amines) is 1. The van der Waals surface area contributed by atoms with Gasteiger partial charge < -0.3 is 19.5 Å². The highest BCUT2D eigenvalue weighted by Crippen LogP contribution is 2.25. The van der Waals surface area contributed by atoms with E-state index in [2.05, 4.69) is 10.3 Å². The van der Waals surface area contributed by atoms with E-state index in [1.165, 1.54) is 11.3 Å². The van der Waals surface area contributed by atoms with Gasteiger partial charge in [-0.05, 0) is 39.2 Å². The largest absolute Gasteiger partial charge is 0.461 e. The minimum Gasteiger partial charge on any atom is -0.461 e. The zero-order valence-corrected chi connectivity index (χ0v) is 20.7. The third-order valence-corrected chi connectivity index (χ3v) is 6.85. The van der Waals surface area contributed by atoms with Crippen LogP contribution in [0.2, 0.25) is 0 Å². The second-order valence-corrected chi connectivity index (χ2v) is 9.58. The van der Waals surface area contributed by atoms with Crippen LogP contribution in [0.5, 0.6) is 0 Å². The number of aromatic nitrogens is 2. The lowest BCUT2D eigenvalue weighted by Crippen LogP contribution is -2.40. The van der Waals surface area contributed by atoms with E-state index >= 15 is 0 Å². The van der Waals surface area contributed by atoms with Crippen LogP contribution in [0.25, 0.3) is 10.9 Å². The molecule has 9 nitrogen and oxygen atoms in total. The maximum Gasteiger partial charge on any atom is 0.358 e. The summed E-state index contributed by atoms with van der Waals surface area (Å²) in [5.74, 6) is -1.78. The number of carbonyl (C=O) groups excluding carboxylic acids is 4. The SMILES string of the molecule is CCOC(=O)c1nc(NC(=O)CCn2cc(C(=O)C(=O)N3CCCCC3)c3ccccc32)sc1C. The van der Waals surface area contributed by atoms with E-state index in [0.29, 0.717) is 40.6 Å². The predicted octanol–water partition coefficient (Wildman–Crippen LogP) is 3.81. The van der Waals surface area contributed by atoms with Crippen molar-refractivity contribution in [2.45, 2.75) is 46.1 Å². The van der Waals surface area contributed by atoms with Crippen LogP contribution in [0.3, 0.4) is 0 Å². The first-order valence-corrected chi connectivity index (χ1v) is 12.6. The number of piperidine rings is 1. The van der Waals surface area contributed by atoms with Crippen LogP contribution in [0.4, 0.5) is 5.13 Å². The number of carbonyl (C=O) groups is 4. The Kier molecular flexibility index (Phi) is 7.60. The lowest BCUT2D eigenvalue weighted by molar-refractivity contribution is -0.127. The molecule has 4 rings (SSSR count). The van der Waals surface area contributed by atoms with Crippen LogP contribution in [-0.4, -0.2) is 57.7 Å². The summed E-state index contributed by atoms with van der Waals surface area (Å²) in [6, 6.07) is 7.37. The maximum atomic E-state index is 13.1. The molecule has 1 aliphatic rings. The van der Waals surface area contributed by atoms with E-state index in [0.717, 1.165) is 24.8 Å². The average Bonchev–Trinajstić information content (AvgIpc) is 3.42. The number of anilines is 1. The summed E-state index contributed by atoms with van der Waals surface area (Å²) in [6.45, 7) is 5.24. The molecule has 0 unspecified atom stereocenters. The van der Waals surface area contributed by atoms with Gasteiger partial charge in [0.1, 0.15) is 0 Å². The number of Topliss-reactive ketones (excluding diaryl/α,β-unsaturated/α-hetero) is 1. The Morgan fingerprint density at radius 3 is 2.60 bits per heavy atom. The molecule has 2 aromatic heterocycles. The molecule has 0 radical (unpaired) electrons. The topological polar surface area (TPSA) is 111 Å². The molecule has 1 aromatic carbocycles. The van der Waals surface area contributed by atoms with Crippen LogP contribution < -0.4 is 5.32 Å². The van der Waals surface area contributed by atoms with Gasteiger partial charge in [0.15, 0.2) is 10.8 Å². The Balaban J connectivity index is 1.46. The number of nitrogens with zero attached hydrogens (tertiary/aromatic N) is 3. The molecule has 0 spiro atoms. The Hall–Kier alpha value is -3.53. The van der Waals surface area contributed by atoms with Crippen LogP contribution in [0.1, 0.15) is 58.3 Å². The fourth-order valence-electron chi connectivity index (χ4n) is 4.21. The quantitative estimate of drug-likeness (QED) is 0.288. The van der Waals surface area contributed by atoms with Crippen molar-refractivity contribution in [1.29, 1.82) is 0 Å². The smallest absolute Gasteiger partial charge is 0.358 e. The zero-order chi connectivity index (χ0) is 24.9. The number of hydrogen-bond donors (Lipinski definition) is 1. The van der Waals surface area contributed by atoms with Crippen molar-refractivity contribution in [3.8, 4) is 0 Å². The molecular formula is C25H28N4O5S. The zero-order valence-electron chi connectivity index (χ0n) is 19.8. The Morgan fingerprint density at radius 2 is 1.86 bits per heavy atom. The number of aryl methyl sites for hydroxylation is 2. The molecule has 3 aromatic rings. The molecule has 1 N–H and O–H groups in total. The van der Waals surface area contributed by atoms with Crippen molar-refractivity contribution in [1.82, 2.24) is 14.5 Å². The second kappa shape index (κ2) is 10.8. The molecule has 0 saturated carbocycles. The average molecular weight is 497 g/mol. The van der Waals surface area contributed by atoms with Crippen molar-refractivity contribution < 1.29 is 23.9 Å².